The zero-order chi connectivity index (χ0) is 25.2. The number of benzene rings is 2. The molecular formula is C20H17N9O5S. The monoisotopic (exact) mass is 495 g/mol. The Bertz CT molecular complexity index is 1520. The lowest BCUT2D eigenvalue weighted by Gasteiger charge is -2.07. The van der Waals surface area contributed by atoms with Crippen LogP contribution in [0.25, 0.3) is 11.3 Å². The van der Waals surface area contributed by atoms with Crippen molar-refractivity contribution in [2.75, 3.05) is 16.4 Å². The summed E-state index contributed by atoms with van der Waals surface area (Å²) in [5.74, 6) is -1.38. The van der Waals surface area contributed by atoms with Crippen LogP contribution in [-0.4, -0.2) is 50.3 Å². The molecule has 4 rings (SSSR count). The number of aromatic carboxylic acids is 1. The molecule has 178 valence electrons. The van der Waals surface area contributed by atoms with Gasteiger partial charge in [0.1, 0.15) is 0 Å². The number of carboxylic acids is 1. The quantitative estimate of drug-likeness (QED) is 0.258. The number of anilines is 4. The van der Waals surface area contributed by atoms with E-state index in [0.717, 1.165) is 10.9 Å². The highest BCUT2D eigenvalue weighted by Gasteiger charge is 2.15. The van der Waals surface area contributed by atoms with Crippen LogP contribution in [0.2, 0.25) is 0 Å². The van der Waals surface area contributed by atoms with Crippen molar-refractivity contribution in [1.29, 1.82) is 0 Å². The van der Waals surface area contributed by atoms with Crippen molar-refractivity contribution in [2.24, 2.45) is 5.14 Å². The molecule has 15 heteroatoms. The molecule has 7 N–H and O–H groups in total. The SMILES string of the molecule is Nc1nc(Nc2ccc(S(N)(=O)=O)cc2)nn1C(=O)Nc1ccc(-c2cncc(C(=O)O)n2)cc1. The van der Waals surface area contributed by atoms with Gasteiger partial charge >= 0.3 is 12.0 Å². The van der Waals surface area contributed by atoms with Gasteiger partial charge in [0.05, 0.1) is 23.0 Å². The molecule has 0 unspecified atom stereocenters. The van der Waals surface area contributed by atoms with E-state index in [0.29, 0.717) is 22.6 Å². The lowest BCUT2D eigenvalue weighted by atomic mass is 10.1. The molecule has 0 bridgehead atoms. The molecule has 0 aliphatic carbocycles. The maximum atomic E-state index is 12.6. The minimum atomic E-state index is -3.83. The Balaban J connectivity index is 1.45. The van der Waals surface area contributed by atoms with Gasteiger partial charge in [-0.05, 0) is 36.4 Å². The van der Waals surface area contributed by atoms with E-state index in [1.165, 1.54) is 30.5 Å². The highest BCUT2D eigenvalue weighted by atomic mass is 32.2. The van der Waals surface area contributed by atoms with E-state index >= 15 is 0 Å². The van der Waals surface area contributed by atoms with Gasteiger partial charge in [-0.1, -0.05) is 12.1 Å². The average Bonchev–Trinajstić information content (AvgIpc) is 3.19. The number of primary sulfonamides is 1. The van der Waals surface area contributed by atoms with Gasteiger partial charge in [0.15, 0.2) is 5.69 Å². The van der Waals surface area contributed by atoms with Crippen molar-refractivity contribution >= 4 is 45.3 Å². The molecule has 0 radical (unpaired) electrons. The summed E-state index contributed by atoms with van der Waals surface area (Å²) in [5.41, 5.74) is 7.42. The Kier molecular flexibility index (Phi) is 6.09. The highest BCUT2D eigenvalue weighted by molar-refractivity contribution is 7.89. The number of hydrogen-bond acceptors (Lipinski definition) is 10. The molecule has 0 spiro atoms. The summed E-state index contributed by atoms with van der Waals surface area (Å²) in [6.45, 7) is 0. The van der Waals surface area contributed by atoms with Crippen LogP contribution in [-0.2, 0) is 10.0 Å². The Morgan fingerprint density at radius 3 is 2.23 bits per heavy atom. The second-order valence-corrected chi connectivity index (χ2v) is 8.56. The second kappa shape index (κ2) is 9.16. The lowest BCUT2D eigenvalue weighted by molar-refractivity contribution is 0.0690. The predicted molar refractivity (Wildman–Crippen MR) is 124 cm³/mol. The topological polar surface area (TPSA) is 221 Å². The van der Waals surface area contributed by atoms with E-state index in [9.17, 15) is 18.0 Å². The largest absolute Gasteiger partial charge is 0.476 e. The predicted octanol–water partition coefficient (Wildman–Crippen LogP) is 1.49. The average molecular weight is 495 g/mol. The molecule has 2 aromatic heterocycles. The van der Waals surface area contributed by atoms with Crippen molar-refractivity contribution in [3.63, 3.8) is 0 Å². The number of nitrogens with zero attached hydrogens (tertiary/aromatic N) is 5. The first kappa shape index (κ1) is 23.3. The Morgan fingerprint density at radius 2 is 1.60 bits per heavy atom. The van der Waals surface area contributed by atoms with Crippen molar-refractivity contribution in [3.05, 3.63) is 66.6 Å². The molecule has 2 aromatic carbocycles. The van der Waals surface area contributed by atoms with Crippen molar-refractivity contribution < 1.29 is 23.1 Å². The van der Waals surface area contributed by atoms with Gasteiger partial charge in [-0.25, -0.2) is 28.1 Å². The molecular weight excluding hydrogens is 478 g/mol. The summed E-state index contributed by atoms with van der Waals surface area (Å²) in [5, 5.41) is 23.5. The molecule has 0 saturated carbocycles. The molecule has 35 heavy (non-hydrogen) atoms. The summed E-state index contributed by atoms with van der Waals surface area (Å²) in [4.78, 5) is 35.5. The van der Waals surface area contributed by atoms with Crippen LogP contribution in [0, 0.1) is 0 Å². The number of hydrogen-bond donors (Lipinski definition) is 5. The van der Waals surface area contributed by atoms with E-state index in [2.05, 4.69) is 30.7 Å². The summed E-state index contributed by atoms with van der Waals surface area (Å²) in [7, 11) is -3.83. The summed E-state index contributed by atoms with van der Waals surface area (Å²) >= 11 is 0. The molecule has 14 nitrogen and oxygen atoms in total. The van der Waals surface area contributed by atoms with Crippen LogP contribution in [0.5, 0.6) is 0 Å². The van der Waals surface area contributed by atoms with E-state index < -0.39 is 22.0 Å². The Morgan fingerprint density at radius 1 is 0.943 bits per heavy atom. The van der Waals surface area contributed by atoms with Gasteiger partial charge in [0.2, 0.25) is 21.9 Å². The van der Waals surface area contributed by atoms with Crippen LogP contribution >= 0.6 is 0 Å². The van der Waals surface area contributed by atoms with Crippen LogP contribution in [0.4, 0.5) is 28.1 Å². The number of carbonyl (C=O) groups is 2. The fourth-order valence-corrected chi connectivity index (χ4v) is 3.41. The first-order chi connectivity index (χ1) is 16.6. The molecule has 0 fully saturated rings. The number of aromatic nitrogens is 5. The van der Waals surface area contributed by atoms with Gasteiger partial charge in [-0.15, -0.1) is 9.78 Å². The number of carboxylic acid groups (broad SMARTS) is 1. The fraction of sp³-hybridized carbons (Fsp3) is 0. The van der Waals surface area contributed by atoms with Crippen molar-refractivity contribution in [1.82, 2.24) is 24.7 Å². The molecule has 2 heterocycles. The van der Waals surface area contributed by atoms with E-state index in [1.807, 2.05) is 0 Å². The number of amides is 1. The number of nitrogens with one attached hydrogen (secondary N) is 2. The zero-order valence-corrected chi connectivity index (χ0v) is 18.5. The molecule has 0 saturated heterocycles. The van der Waals surface area contributed by atoms with Gasteiger partial charge < -0.3 is 21.5 Å². The molecule has 0 aliphatic heterocycles. The van der Waals surface area contributed by atoms with Gasteiger partial charge in [-0.2, -0.15) is 4.98 Å². The van der Waals surface area contributed by atoms with Crippen molar-refractivity contribution in [2.45, 2.75) is 4.90 Å². The minimum Gasteiger partial charge on any atom is -0.476 e. The standard InChI is InChI=1S/C20H17N9O5S/c21-18-27-19(24-12-5-7-14(8-6-12)35(22,33)34)28-29(18)20(32)25-13-3-1-11(2-4-13)15-9-23-10-16(26-15)17(30)31/h1-10H,(H,25,32)(H,30,31)(H2,22,33,34)(H3,21,24,27,28). The van der Waals surface area contributed by atoms with Crippen LogP contribution < -0.4 is 21.5 Å². The minimum absolute atomic E-state index is 0.00763. The number of carbonyl (C=O) groups excluding carboxylic acids is 1. The first-order valence-corrected chi connectivity index (χ1v) is 11.2. The smallest absolute Gasteiger partial charge is 0.356 e. The molecule has 1 amide bonds. The highest BCUT2D eigenvalue weighted by Crippen LogP contribution is 2.20. The number of nitrogen functional groups attached to an aromatic ring is 1. The number of rotatable bonds is 6. The summed E-state index contributed by atoms with van der Waals surface area (Å²) < 4.78 is 23.5. The van der Waals surface area contributed by atoms with Crippen LogP contribution in [0.3, 0.4) is 0 Å². The van der Waals surface area contributed by atoms with Gasteiger partial charge in [-0.3, -0.25) is 4.98 Å². The van der Waals surface area contributed by atoms with E-state index in [4.69, 9.17) is 16.0 Å². The third-order valence-corrected chi connectivity index (χ3v) is 5.48. The summed E-state index contributed by atoms with van der Waals surface area (Å²) in [6, 6.07) is 11.3. The lowest BCUT2D eigenvalue weighted by Crippen LogP contribution is -2.22. The number of sulfonamides is 1. The van der Waals surface area contributed by atoms with E-state index in [-0.39, 0.29) is 22.5 Å². The third kappa shape index (κ3) is 5.37. The maximum absolute atomic E-state index is 12.6. The van der Waals surface area contributed by atoms with Crippen LogP contribution in [0.15, 0.2) is 65.8 Å². The normalized spacial score (nSPS) is 11.1. The molecule has 4 aromatic rings. The molecule has 0 aliphatic rings. The Hall–Kier alpha value is -4.89. The summed E-state index contributed by atoms with van der Waals surface area (Å²) in [6.07, 6.45) is 2.57. The second-order valence-electron chi connectivity index (χ2n) is 7.00. The maximum Gasteiger partial charge on any atom is 0.356 e. The zero-order valence-electron chi connectivity index (χ0n) is 17.7. The van der Waals surface area contributed by atoms with Gasteiger partial charge in [0.25, 0.3) is 0 Å². The van der Waals surface area contributed by atoms with Gasteiger partial charge in [0, 0.05) is 16.9 Å². The molecule has 0 atom stereocenters. The van der Waals surface area contributed by atoms with Crippen LogP contribution in [0.1, 0.15) is 10.5 Å². The number of nitrogens with two attached hydrogens (primary N) is 2. The first-order valence-electron chi connectivity index (χ1n) is 9.70. The Labute approximate surface area is 197 Å². The fourth-order valence-electron chi connectivity index (χ4n) is 2.89. The van der Waals surface area contributed by atoms with E-state index in [1.54, 1.807) is 24.3 Å². The van der Waals surface area contributed by atoms with Crippen molar-refractivity contribution in [3.8, 4) is 11.3 Å². The third-order valence-electron chi connectivity index (χ3n) is 4.55.